The van der Waals surface area contributed by atoms with Crippen LogP contribution in [0.2, 0.25) is 5.02 Å². The Morgan fingerprint density at radius 1 is 1.50 bits per heavy atom. The highest BCUT2D eigenvalue weighted by atomic mass is 35.5. The van der Waals surface area contributed by atoms with Crippen molar-refractivity contribution < 1.29 is 5.11 Å². The Balaban J connectivity index is 2.28. The monoisotopic (exact) mass is 268 g/mol. The van der Waals surface area contributed by atoms with E-state index < -0.39 is 0 Å². The lowest BCUT2D eigenvalue weighted by molar-refractivity contribution is 0.266. The highest BCUT2D eigenvalue weighted by Gasteiger charge is 2.26. The van der Waals surface area contributed by atoms with Crippen molar-refractivity contribution in [2.24, 2.45) is 0 Å². The Kier molecular flexibility index (Phi) is 4.87. The molecule has 1 heterocycles. The number of halogens is 1. The fourth-order valence-electron chi connectivity index (χ4n) is 2.58. The quantitative estimate of drug-likeness (QED) is 0.861. The van der Waals surface area contributed by atoms with Gasteiger partial charge >= 0.3 is 0 Å². The van der Waals surface area contributed by atoms with Crippen molar-refractivity contribution >= 4 is 17.3 Å². The van der Waals surface area contributed by atoms with E-state index in [0.717, 1.165) is 43.1 Å². The zero-order valence-corrected chi connectivity index (χ0v) is 11.6. The molecule has 0 amide bonds. The van der Waals surface area contributed by atoms with Gasteiger partial charge in [0.1, 0.15) is 0 Å². The van der Waals surface area contributed by atoms with E-state index in [1.165, 1.54) is 5.69 Å². The van der Waals surface area contributed by atoms with Gasteiger partial charge in [-0.05, 0) is 31.5 Å². The minimum absolute atomic E-state index is 0.215. The largest absolute Gasteiger partial charge is 0.394 e. The highest BCUT2D eigenvalue weighted by Crippen LogP contribution is 2.32. The predicted octanol–water partition coefficient (Wildman–Crippen LogP) is 2.41. The standard InChI is InChI=1S/C14H21ClN2O/c1-2-16-9-12-13(15)6-3-7-14(12)17-8-4-5-11(17)10-18/h3,6-7,11,16,18H,2,4-5,8-10H2,1H3. The van der Waals surface area contributed by atoms with Gasteiger partial charge in [0, 0.05) is 29.4 Å². The summed E-state index contributed by atoms with van der Waals surface area (Å²) in [5.41, 5.74) is 2.31. The molecule has 1 aromatic carbocycles. The summed E-state index contributed by atoms with van der Waals surface area (Å²) in [4.78, 5) is 2.29. The molecule has 0 saturated carbocycles. The van der Waals surface area contributed by atoms with E-state index in [0.29, 0.717) is 0 Å². The van der Waals surface area contributed by atoms with Gasteiger partial charge in [0.2, 0.25) is 0 Å². The first-order chi connectivity index (χ1) is 8.77. The summed E-state index contributed by atoms with van der Waals surface area (Å²) in [5.74, 6) is 0. The number of anilines is 1. The summed E-state index contributed by atoms with van der Waals surface area (Å²) in [7, 11) is 0. The number of aliphatic hydroxyl groups is 1. The molecule has 1 atom stereocenters. The molecule has 0 aromatic heterocycles. The Bertz CT molecular complexity index is 397. The number of nitrogens with one attached hydrogen (secondary N) is 1. The highest BCUT2D eigenvalue weighted by molar-refractivity contribution is 6.31. The first-order valence-electron chi connectivity index (χ1n) is 6.63. The van der Waals surface area contributed by atoms with E-state index >= 15 is 0 Å². The summed E-state index contributed by atoms with van der Waals surface area (Å²) in [6.45, 7) is 5.01. The molecule has 18 heavy (non-hydrogen) atoms. The third kappa shape index (κ3) is 2.79. The van der Waals surface area contributed by atoms with Crippen molar-refractivity contribution in [1.29, 1.82) is 0 Å². The molecule has 1 aliphatic rings. The summed E-state index contributed by atoms with van der Waals surface area (Å²) < 4.78 is 0. The van der Waals surface area contributed by atoms with Crippen molar-refractivity contribution in [3.05, 3.63) is 28.8 Å². The molecule has 0 bridgehead atoms. The van der Waals surface area contributed by atoms with Gasteiger partial charge < -0.3 is 15.3 Å². The lowest BCUT2D eigenvalue weighted by atomic mass is 10.1. The first kappa shape index (κ1) is 13.7. The fraction of sp³-hybridized carbons (Fsp3) is 0.571. The van der Waals surface area contributed by atoms with Crippen molar-refractivity contribution in [3.63, 3.8) is 0 Å². The van der Waals surface area contributed by atoms with Crippen LogP contribution in [0.15, 0.2) is 18.2 Å². The van der Waals surface area contributed by atoms with Gasteiger partial charge in [-0.15, -0.1) is 0 Å². The molecule has 1 fully saturated rings. The fourth-order valence-corrected chi connectivity index (χ4v) is 2.82. The lowest BCUT2D eigenvalue weighted by Gasteiger charge is -2.28. The molecule has 3 nitrogen and oxygen atoms in total. The van der Waals surface area contributed by atoms with Crippen LogP contribution in [0, 0.1) is 0 Å². The van der Waals surface area contributed by atoms with Gasteiger partial charge in [0.25, 0.3) is 0 Å². The molecule has 1 aliphatic heterocycles. The second-order valence-electron chi connectivity index (χ2n) is 4.69. The minimum Gasteiger partial charge on any atom is -0.394 e. The van der Waals surface area contributed by atoms with E-state index in [1.54, 1.807) is 0 Å². The molecule has 4 heteroatoms. The number of aliphatic hydroxyl groups excluding tert-OH is 1. The zero-order valence-electron chi connectivity index (χ0n) is 10.8. The minimum atomic E-state index is 0.215. The van der Waals surface area contributed by atoms with Gasteiger partial charge in [0.15, 0.2) is 0 Å². The predicted molar refractivity (Wildman–Crippen MR) is 76.3 cm³/mol. The molecule has 0 radical (unpaired) electrons. The van der Waals surface area contributed by atoms with Crippen LogP contribution in [0.25, 0.3) is 0 Å². The average Bonchev–Trinajstić information content (AvgIpc) is 2.85. The Hall–Kier alpha value is -0.770. The van der Waals surface area contributed by atoms with E-state index in [1.807, 2.05) is 12.1 Å². The third-order valence-electron chi connectivity index (χ3n) is 3.54. The van der Waals surface area contributed by atoms with E-state index in [9.17, 15) is 5.11 Å². The van der Waals surface area contributed by atoms with Crippen molar-refractivity contribution in [1.82, 2.24) is 5.32 Å². The molecule has 1 saturated heterocycles. The summed E-state index contributed by atoms with van der Waals surface area (Å²) in [6.07, 6.45) is 2.20. The summed E-state index contributed by atoms with van der Waals surface area (Å²) in [5, 5.41) is 13.6. The van der Waals surface area contributed by atoms with Crippen LogP contribution in [0.3, 0.4) is 0 Å². The van der Waals surface area contributed by atoms with Crippen LogP contribution in [0.4, 0.5) is 5.69 Å². The number of hydrogen-bond acceptors (Lipinski definition) is 3. The molecule has 100 valence electrons. The summed E-state index contributed by atoms with van der Waals surface area (Å²) in [6, 6.07) is 6.26. The molecule has 0 aliphatic carbocycles. The topological polar surface area (TPSA) is 35.5 Å². The molecule has 0 spiro atoms. The van der Waals surface area contributed by atoms with Crippen molar-refractivity contribution in [2.45, 2.75) is 32.4 Å². The van der Waals surface area contributed by atoms with Crippen LogP contribution in [0.1, 0.15) is 25.3 Å². The molecule has 2 N–H and O–H groups in total. The normalized spacial score (nSPS) is 19.5. The van der Waals surface area contributed by atoms with Crippen LogP contribution >= 0.6 is 11.6 Å². The van der Waals surface area contributed by atoms with Crippen LogP contribution in [-0.4, -0.2) is 30.8 Å². The van der Waals surface area contributed by atoms with E-state index in [2.05, 4.69) is 23.2 Å². The Morgan fingerprint density at radius 2 is 2.33 bits per heavy atom. The molecule has 1 aromatic rings. The van der Waals surface area contributed by atoms with Gasteiger partial charge in [-0.2, -0.15) is 0 Å². The maximum Gasteiger partial charge on any atom is 0.0635 e. The molecular formula is C14H21ClN2O. The second-order valence-corrected chi connectivity index (χ2v) is 5.10. The van der Waals surface area contributed by atoms with Crippen molar-refractivity contribution in [2.75, 3.05) is 24.6 Å². The lowest BCUT2D eigenvalue weighted by Crippen LogP contribution is -2.33. The van der Waals surface area contributed by atoms with Gasteiger partial charge in [-0.1, -0.05) is 24.6 Å². The maximum atomic E-state index is 9.44. The molecule has 2 rings (SSSR count). The van der Waals surface area contributed by atoms with E-state index in [4.69, 9.17) is 11.6 Å². The van der Waals surface area contributed by atoms with Crippen molar-refractivity contribution in [3.8, 4) is 0 Å². The van der Waals surface area contributed by atoms with E-state index in [-0.39, 0.29) is 12.6 Å². The average molecular weight is 269 g/mol. The SMILES string of the molecule is CCNCc1c(Cl)cccc1N1CCCC1CO. The zero-order chi connectivity index (χ0) is 13.0. The molecule has 1 unspecified atom stereocenters. The third-order valence-corrected chi connectivity index (χ3v) is 3.90. The number of benzene rings is 1. The number of rotatable bonds is 5. The van der Waals surface area contributed by atoms with Gasteiger partial charge in [-0.25, -0.2) is 0 Å². The summed E-state index contributed by atoms with van der Waals surface area (Å²) >= 11 is 6.31. The van der Waals surface area contributed by atoms with Crippen LogP contribution in [-0.2, 0) is 6.54 Å². The number of hydrogen-bond donors (Lipinski definition) is 2. The number of nitrogens with zero attached hydrogens (tertiary/aromatic N) is 1. The van der Waals surface area contributed by atoms with Gasteiger partial charge in [0.05, 0.1) is 12.6 Å². The maximum absolute atomic E-state index is 9.44. The second kappa shape index (κ2) is 6.41. The van der Waals surface area contributed by atoms with Crippen LogP contribution in [0.5, 0.6) is 0 Å². The Labute approximate surface area is 114 Å². The van der Waals surface area contributed by atoms with Gasteiger partial charge in [-0.3, -0.25) is 0 Å². The van der Waals surface area contributed by atoms with Crippen LogP contribution < -0.4 is 10.2 Å². The molecular weight excluding hydrogens is 248 g/mol. The first-order valence-corrected chi connectivity index (χ1v) is 7.01. The Morgan fingerprint density at radius 3 is 3.06 bits per heavy atom. The smallest absolute Gasteiger partial charge is 0.0635 e.